The quantitative estimate of drug-likeness (QED) is 0.670. The van der Waals surface area contributed by atoms with E-state index in [2.05, 4.69) is 61.9 Å². The number of benzene rings is 1. The Bertz CT molecular complexity index is 625. The van der Waals surface area contributed by atoms with Gasteiger partial charge in [-0.2, -0.15) is 5.06 Å². The Hall–Kier alpha value is -1.68. The van der Waals surface area contributed by atoms with Gasteiger partial charge < -0.3 is 5.73 Å². The van der Waals surface area contributed by atoms with Gasteiger partial charge in [-0.1, -0.05) is 61.1 Å². The summed E-state index contributed by atoms with van der Waals surface area (Å²) >= 11 is 0. The highest BCUT2D eigenvalue weighted by molar-refractivity contribution is 5.34. The third kappa shape index (κ3) is 6.99. The Morgan fingerprint density at radius 3 is 2.64 bits per heavy atom. The molecule has 0 amide bonds. The molecule has 1 fully saturated rings. The lowest BCUT2D eigenvalue weighted by Crippen LogP contribution is -2.19. The molecule has 0 atom stereocenters. The minimum Gasteiger partial charge on any atom is -0.326 e. The Balaban J connectivity index is 1.96. The van der Waals surface area contributed by atoms with Crippen LogP contribution in [0.4, 0.5) is 0 Å². The lowest BCUT2D eigenvalue weighted by molar-refractivity contribution is -0.153. The average Bonchev–Trinajstić information content (AvgIpc) is 3.13. The van der Waals surface area contributed by atoms with Gasteiger partial charge in [-0.25, -0.2) is 0 Å². The molecule has 3 heteroatoms. The van der Waals surface area contributed by atoms with Crippen LogP contribution in [0.3, 0.4) is 0 Å². The third-order valence-electron chi connectivity index (χ3n) is 4.46. The summed E-state index contributed by atoms with van der Waals surface area (Å²) in [5.74, 6) is 0. The SMILES string of the molecule is C=C(/C=C(\C=C(/C)Cc1cccc(CON2CCCC2)c1)CN)CC. The van der Waals surface area contributed by atoms with Gasteiger partial charge >= 0.3 is 0 Å². The zero-order chi connectivity index (χ0) is 18.1. The van der Waals surface area contributed by atoms with E-state index in [4.69, 9.17) is 10.6 Å². The largest absolute Gasteiger partial charge is 0.326 e. The standard InChI is InChI=1S/C22H32N2O/c1-4-18(2)12-22(16-23)14-19(3)13-20-8-7-9-21(15-20)17-25-24-10-5-6-11-24/h7-9,12,14-15H,2,4-6,10-11,13,16-17,23H2,1,3H3/b19-14+,22-12+. The van der Waals surface area contributed by atoms with E-state index in [0.29, 0.717) is 13.2 Å². The molecule has 0 saturated carbocycles. The van der Waals surface area contributed by atoms with Crippen molar-refractivity contribution >= 4 is 0 Å². The predicted octanol–water partition coefficient (Wildman–Crippen LogP) is 4.55. The summed E-state index contributed by atoms with van der Waals surface area (Å²) in [5.41, 5.74) is 12.0. The molecule has 1 heterocycles. The molecule has 3 nitrogen and oxygen atoms in total. The second-order valence-electron chi connectivity index (χ2n) is 6.83. The summed E-state index contributed by atoms with van der Waals surface area (Å²) in [6.45, 7) is 11.6. The molecule has 2 rings (SSSR count). The molecule has 1 saturated heterocycles. The third-order valence-corrected chi connectivity index (χ3v) is 4.46. The van der Waals surface area contributed by atoms with Crippen LogP contribution < -0.4 is 5.73 Å². The van der Waals surface area contributed by atoms with E-state index in [1.807, 2.05) is 0 Å². The van der Waals surface area contributed by atoms with E-state index in [1.54, 1.807) is 0 Å². The molecule has 2 N–H and O–H groups in total. The molecule has 1 aromatic rings. The maximum Gasteiger partial charge on any atom is 0.0936 e. The first-order valence-corrected chi connectivity index (χ1v) is 9.32. The van der Waals surface area contributed by atoms with E-state index in [0.717, 1.165) is 37.1 Å². The second kappa shape index (κ2) is 10.3. The van der Waals surface area contributed by atoms with Gasteiger partial charge in [0.1, 0.15) is 0 Å². The van der Waals surface area contributed by atoms with Crippen LogP contribution >= 0.6 is 0 Å². The number of nitrogens with zero attached hydrogens (tertiary/aromatic N) is 1. The van der Waals surface area contributed by atoms with Gasteiger partial charge in [-0.15, -0.1) is 0 Å². The molecule has 0 radical (unpaired) electrons. The van der Waals surface area contributed by atoms with Crippen LogP contribution in [0.1, 0.15) is 44.2 Å². The van der Waals surface area contributed by atoms with Crippen LogP contribution in [0.25, 0.3) is 0 Å². The molecule has 1 aliphatic heterocycles. The Morgan fingerprint density at radius 2 is 1.96 bits per heavy atom. The minimum absolute atomic E-state index is 0.542. The molecule has 1 aromatic carbocycles. The Labute approximate surface area is 152 Å². The number of hydrogen-bond acceptors (Lipinski definition) is 3. The highest BCUT2D eigenvalue weighted by atomic mass is 16.7. The van der Waals surface area contributed by atoms with E-state index in [1.165, 1.54) is 29.5 Å². The number of rotatable bonds is 9. The van der Waals surface area contributed by atoms with Gasteiger partial charge in [-0.3, -0.25) is 4.84 Å². The minimum atomic E-state index is 0.542. The Kier molecular flexibility index (Phi) is 8.13. The average molecular weight is 341 g/mol. The van der Waals surface area contributed by atoms with Crippen LogP contribution in [0.5, 0.6) is 0 Å². The monoisotopic (exact) mass is 340 g/mol. The Morgan fingerprint density at radius 1 is 1.24 bits per heavy atom. The summed E-state index contributed by atoms with van der Waals surface area (Å²) in [6, 6.07) is 8.66. The lowest BCUT2D eigenvalue weighted by Gasteiger charge is -2.15. The fourth-order valence-electron chi connectivity index (χ4n) is 3.03. The summed E-state index contributed by atoms with van der Waals surface area (Å²) in [4.78, 5) is 5.87. The summed E-state index contributed by atoms with van der Waals surface area (Å²) in [5, 5.41) is 2.08. The summed E-state index contributed by atoms with van der Waals surface area (Å²) < 4.78 is 0. The number of hydroxylamine groups is 2. The number of hydrogen-bond donors (Lipinski definition) is 1. The topological polar surface area (TPSA) is 38.5 Å². The molecular weight excluding hydrogens is 308 g/mol. The van der Waals surface area contributed by atoms with Crippen LogP contribution in [0, 0.1) is 0 Å². The normalized spacial score (nSPS) is 16.4. The van der Waals surface area contributed by atoms with Crippen molar-refractivity contribution in [1.29, 1.82) is 0 Å². The molecule has 0 spiro atoms. The van der Waals surface area contributed by atoms with Gasteiger partial charge in [0.2, 0.25) is 0 Å². The van der Waals surface area contributed by atoms with E-state index in [9.17, 15) is 0 Å². The molecular formula is C22H32N2O. The van der Waals surface area contributed by atoms with Gasteiger partial charge in [0.15, 0.2) is 0 Å². The van der Waals surface area contributed by atoms with Crippen molar-refractivity contribution < 1.29 is 4.84 Å². The summed E-state index contributed by atoms with van der Waals surface area (Å²) in [6.07, 6.45) is 8.65. The number of nitrogens with two attached hydrogens (primary N) is 1. The molecule has 1 aliphatic rings. The van der Waals surface area contributed by atoms with Crippen LogP contribution in [-0.2, 0) is 17.9 Å². The lowest BCUT2D eigenvalue weighted by atomic mass is 10.0. The fraction of sp³-hybridized carbons (Fsp3) is 0.455. The molecule has 136 valence electrons. The van der Waals surface area contributed by atoms with Crippen LogP contribution in [0.15, 0.2) is 59.7 Å². The molecule has 0 aliphatic carbocycles. The highest BCUT2D eigenvalue weighted by Gasteiger charge is 2.11. The summed E-state index contributed by atoms with van der Waals surface area (Å²) in [7, 11) is 0. The maximum atomic E-state index is 5.87. The van der Waals surface area contributed by atoms with Gasteiger partial charge in [-0.05, 0) is 49.3 Å². The molecule has 0 aromatic heterocycles. The van der Waals surface area contributed by atoms with Crippen LogP contribution in [0.2, 0.25) is 0 Å². The highest BCUT2D eigenvalue weighted by Crippen LogP contribution is 2.15. The first-order valence-electron chi connectivity index (χ1n) is 9.32. The van der Waals surface area contributed by atoms with Crippen molar-refractivity contribution in [3.63, 3.8) is 0 Å². The smallest absolute Gasteiger partial charge is 0.0936 e. The van der Waals surface area contributed by atoms with E-state index < -0.39 is 0 Å². The first-order chi connectivity index (χ1) is 12.1. The van der Waals surface area contributed by atoms with Gasteiger partial charge in [0.05, 0.1) is 6.61 Å². The number of allylic oxidation sites excluding steroid dienone is 3. The van der Waals surface area contributed by atoms with E-state index in [-0.39, 0.29) is 0 Å². The van der Waals surface area contributed by atoms with Crippen LogP contribution in [-0.4, -0.2) is 24.7 Å². The molecule has 0 unspecified atom stereocenters. The van der Waals surface area contributed by atoms with Crippen molar-refractivity contribution in [1.82, 2.24) is 5.06 Å². The van der Waals surface area contributed by atoms with Gasteiger partial charge in [0.25, 0.3) is 0 Å². The van der Waals surface area contributed by atoms with Gasteiger partial charge in [0, 0.05) is 19.6 Å². The maximum absolute atomic E-state index is 5.87. The van der Waals surface area contributed by atoms with Crippen molar-refractivity contribution in [2.45, 2.75) is 46.1 Å². The molecule has 0 bridgehead atoms. The van der Waals surface area contributed by atoms with Crippen molar-refractivity contribution in [2.24, 2.45) is 5.73 Å². The van der Waals surface area contributed by atoms with Crippen molar-refractivity contribution in [3.05, 3.63) is 70.8 Å². The molecule has 25 heavy (non-hydrogen) atoms. The fourth-order valence-corrected chi connectivity index (χ4v) is 3.03. The van der Waals surface area contributed by atoms with Crippen molar-refractivity contribution in [2.75, 3.05) is 19.6 Å². The van der Waals surface area contributed by atoms with Crippen molar-refractivity contribution in [3.8, 4) is 0 Å². The zero-order valence-corrected chi connectivity index (χ0v) is 15.8. The first kappa shape index (κ1) is 19.6. The zero-order valence-electron chi connectivity index (χ0n) is 15.8. The van der Waals surface area contributed by atoms with E-state index >= 15 is 0 Å². The second-order valence-corrected chi connectivity index (χ2v) is 6.83. The predicted molar refractivity (Wildman–Crippen MR) is 106 cm³/mol.